The molecule has 4 aromatic rings. The molecule has 0 bridgehead atoms. The van der Waals surface area contributed by atoms with Crippen molar-refractivity contribution in [3.05, 3.63) is 87.3 Å². The number of nitrogens with one attached hydrogen (secondary N) is 1. The summed E-state index contributed by atoms with van der Waals surface area (Å²) in [5.74, 6) is 0.469. The SMILES string of the molecule is O=C(Cc1nc2ccccc2n1CC(O)COCc1cccs1)NCc1ccc(Cl)cc1. The van der Waals surface area contributed by atoms with E-state index >= 15 is 0 Å². The Labute approximate surface area is 195 Å². The number of carbonyl (C=O) groups excluding carboxylic acids is 1. The maximum absolute atomic E-state index is 12.6. The summed E-state index contributed by atoms with van der Waals surface area (Å²) in [6.45, 7) is 1.38. The summed E-state index contributed by atoms with van der Waals surface area (Å²) in [4.78, 5) is 18.3. The van der Waals surface area contributed by atoms with Crippen LogP contribution in [0.25, 0.3) is 11.0 Å². The first-order valence-electron chi connectivity index (χ1n) is 10.3. The van der Waals surface area contributed by atoms with Crippen molar-refractivity contribution in [2.24, 2.45) is 0 Å². The van der Waals surface area contributed by atoms with Gasteiger partial charge in [0.2, 0.25) is 5.91 Å². The minimum absolute atomic E-state index is 0.116. The van der Waals surface area contributed by atoms with Gasteiger partial charge in [0.05, 0.1) is 43.3 Å². The number of thiophene rings is 1. The van der Waals surface area contributed by atoms with Crippen molar-refractivity contribution in [3.63, 3.8) is 0 Å². The van der Waals surface area contributed by atoms with E-state index in [0.29, 0.717) is 30.5 Å². The van der Waals surface area contributed by atoms with Crippen molar-refractivity contribution in [1.29, 1.82) is 0 Å². The molecule has 1 amide bonds. The summed E-state index contributed by atoms with van der Waals surface area (Å²) >= 11 is 7.53. The van der Waals surface area contributed by atoms with Crippen molar-refractivity contribution in [3.8, 4) is 0 Å². The maximum Gasteiger partial charge on any atom is 0.227 e. The topological polar surface area (TPSA) is 76.4 Å². The van der Waals surface area contributed by atoms with E-state index in [0.717, 1.165) is 21.5 Å². The van der Waals surface area contributed by atoms with Crippen LogP contribution >= 0.6 is 22.9 Å². The second-order valence-electron chi connectivity index (χ2n) is 7.46. The Balaban J connectivity index is 1.40. The molecule has 0 spiro atoms. The number of aromatic nitrogens is 2. The van der Waals surface area contributed by atoms with E-state index in [4.69, 9.17) is 16.3 Å². The quantitative estimate of drug-likeness (QED) is 0.365. The molecule has 4 rings (SSSR count). The number of fused-ring (bicyclic) bond motifs is 1. The van der Waals surface area contributed by atoms with Crippen LogP contribution in [0.5, 0.6) is 0 Å². The van der Waals surface area contributed by atoms with Crippen LogP contribution in [-0.2, 0) is 35.6 Å². The summed E-state index contributed by atoms with van der Waals surface area (Å²) in [5, 5.41) is 16.1. The van der Waals surface area contributed by atoms with Gasteiger partial charge in [-0.1, -0.05) is 41.9 Å². The van der Waals surface area contributed by atoms with Crippen LogP contribution in [0.3, 0.4) is 0 Å². The van der Waals surface area contributed by atoms with Crippen LogP contribution in [0.4, 0.5) is 0 Å². The van der Waals surface area contributed by atoms with Crippen molar-refractivity contribution in [2.45, 2.75) is 32.2 Å². The van der Waals surface area contributed by atoms with Gasteiger partial charge in [-0.25, -0.2) is 4.98 Å². The molecule has 0 radical (unpaired) electrons. The van der Waals surface area contributed by atoms with E-state index in [2.05, 4.69) is 10.3 Å². The lowest BCUT2D eigenvalue weighted by molar-refractivity contribution is -0.120. The number of halogens is 1. The second kappa shape index (κ2) is 10.7. The van der Waals surface area contributed by atoms with E-state index in [-0.39, 0.29) is 18.9 Å². The van der Waals surface area contributed by atoms with E-state index in [1.807, 2.05) is 58.5 Å². The number of imidazole rings is 1. The van der Waals surface area contributed by atoms with Gasteiger partial charge in [0.25, 0.3) is 0 Å². The largest absolute Gasteiger partial charge is 0.389 e. The Morgan fingerprint density at radius 2 is 1.97 bits per heavy atom. The highest BCUT2D eigenvalue weighted by Gasteiger charge is 2.17. The first kappa shape index (κ1) is 22.5. The summed E-state index contributed by atoms with van der Waals surface area (Å²) < 4.78 is 7.55. The Hall–Kier alpha value is -2.71. The molecule has 8 heteroatoms. The molecule has 6 nitrogen and oxygen atoms in total. The molecule has 0 fully saturated rings. The van der Waals surface area contributed by atoms with Gasteiger partial charge >= 0.3 is 0 Å². The van der Waals surface area contributed by atoms with Crippen molar-refractivity contribution in [2.75, 3.05) is 6.61 Å². The van der Waals surface area contributed by atoms with E-state index in [1.165, 1.54) is 0 Å². The standard InChI is InChI=1S/C24H24ClN3O3S/c25-18-9-7-17(8-10-18)13-26-24(30)12-23-27-21-5-1-2-6-22(21)28(23)14-19(29)15-31-16-20-4-3-11-32-20/h1-11,19,29H,12-16H2,(H,26,30). The zero-order valence-electron chi connectivity index (χ0n) is 17.4. The highest BCUT2D eigenvalue weighted by Crippen LogP contribution is 2.18. The lowest BCUT2D eigenvalue weighted by Gasteiger charge is -2.15. The van der Waals surface area contributed by atoms with Crippen molar-refractivity contribution >= 4 is 39.9 Å². The molecule has 0 aliphatic rings. The van der Waals surface area contributed by atoms with Gasteiger partial charge in [-0.2, -0.15) is 0 Å². The predicted octanol–water partition coefficient (Wildman–Crippen LogP) is 4.19. The van der Waals surface area contributed by atoms with Gasteiger partial charge in [0, 0.05) is 16.4 Å². The molecule has 2 aromatic carbocycles. The van der Waals surface area contributed by atoms with Crippen LogP contribution in [-0.4, -0.2) is 33.3 Å². The molecule has 0 saturated carbocycles. The first-order valence-corrected chi connectivity index (χ1v) is 11.6. The van der Waals surface area contributed by atoms with Crippen LogP contribution in [0.2, 0.25) is 5.02 Å². The number of amides is 1. The number of aliphatic hydroxyl groups is 1. The Bertz CT molecular complexity index is 1160. The normalized spacial score (nSPS) is 12.2. The Morgan fingerprint density at radius 3 is 2.75 bits per heavy atom. The number of aliphatic hydroxyl groups excluding tert-OH is 1. The molecule has 1 atom stereocenters. The van der Waals surface area contributed by atoms with Gasteiger partial charge in [-0.05, 0) is 41.3 Å². The number of carbonyl (C=O) groups is 1. The number of nitrogens with zero attached hydrogens (tertiary/aromatic N) is 2. The average Bonchev–Trinajstić information content (AvgIpc) is 3.42. The minimum Gasteiger partial charge on any atom is -0.389 e. The Kier molecular flexibility index (Phi) is 7.55. The zero-order chi connectivity index (χ0) is 22.3. The molecule has 166 valence electrons. The smallest absolute Gasteiger partial charge is 0.227 e. The number of ether oxygens (including phenoxy) is 1. The summed E-state index contributed by atoms with van der Waals surface area (Å²) in [6.07, 6.45) is -0.603. The molecule has 2 aromatic heterocycles. The summed E-state index contributed by atoms with van der Waals surface area (Å²) in [5.41, 5.74) is 2.64. The third-order valence-corrected chi connectivity index (χ3v) is 6.09. The molecular formula is C24H24ClN3O3S. The molecular weight excluding hydrogens is 446 g/mol. The molecule has 0 aliphatic heterocycles. The van der Waals surface area contributed by atoms with E-state index < -0.39 is 6.10 Å². The third-order valence-electron chi connectivity index (χ3n) is 4.98. The number of benzene rings is 2. The number of hydrogen-bond acceptors (Lipinski definition) is 5. The fourth-order valence-corrected chi connectivity index (χ4v) is 4.19. The van der Waals surface area contributed by atoms with Gasteiger partial charge in [-0.15, -0.1) is 11.3 Å². The molecule has 2 heterocycles. The highest BCUT2D eigenvalue weighted by atomic mass is 35.5. The predicted molar refractivity (Wildman–Crippen MR) is 127 cm³/mol. The first-order chi connectivity index (χ1) is 15.6. The van der Waals surface area contributed by atoms with Crippen LogP contribution < -0.4 is 5.32 Å². The van der Waals surface area contributed by atoms with E-state index in [9.17, 15) is 9.90 Å². The monoisotopic (exact) mass is 469 g/mol. The molecule has 32 heavy (non-hydrogen) atoms. The third kappa shape index (κ3) is 5.95. The molecule has 2 N–H and O–H groups in total. The maximum atomic E-state index is 12.6. The van der Waals surface area contributed by atoms with Crippen LogP contribution in [0.1, 0.15) is 16.3 Å². The van der Waals surface area contributed by atoms with Crippen molar-refractivity contribution < 1.29 is 14.6 Å². The van der Waals surface area contributed by atoms with Gasteiger partial charge in [0.15, 0.2) is 0 Å². The second-order valence-corrected chi connectivity index (χ2v) is 8.92. The fourth-order valence-electron chi connectivity index (χ4n) is 3.43. The highest BCUT2D eigenvalue weighted by molar-refractivity contribution is 7.09. The number of hydrogen-bond donors (Lipinski definition) is 2. The fraction of sp³-hybridized carbons (Fsp3) is 0.250. The Morgan fingerprint density at radius 1 is 1.16 bits per heavy atom. The van der Waals surface area contributed by atoms with Gasteiger partial charge in [0.1, 0.15) is 5.82 Å². The van der Waals surface area contributed by atoms with Crippen LogP contribution in [0, 0.1) is 0 Å². The van der Waals surface area contributed by atoms with Gasteiger partial charge < -0.3 is 19.7 Å². The van der Waals surface area contributed by atoms with E-state index in [1.54, 1.807) is 23.5 Å². The lowest BCUT2D eigenvalue weighted by atomic mass is 10.2. The number of rotatable bonds is 10. The lowest BCUT2D eigenvalue weighted by Crippen LogP contribution is -2.28. The summed E-state index contributed by atoms with van der Waals surface area (Å²) in [6, 6.07) is 19.0. The van der Waals surface area contributed by atoms with Gasteiger partial charge in [-0.3, -0.25) is 4.79 Å². The molecule has 0 saturated heterocycles. The number of para-hydroxylation sites is 2. The molecule has 0 aliphatic carbocycles. The molecule has 1 unspecified atom stereocenters. The van der Waals surface area contributed by atoms with Crippen LogP contribution in [0.15, 0.2) is 66.0 Å². The zero-order valence-corrected chi connectivity index (χ0v) is 19.0. The minimum atomic E-state index is -0.719. The average molecular weight is 470 g/mol. The summed E-state index contributed by atoms with van der Waals surface area (Å²) in [7, 11) is 0. The van der Waals surface area contributed by atoms with Crippen molar-refractivity contribution in [1.82, 2.24) is 14.9 Å².